The van der Waals surface area contributed by atoms with Crippen molar-refractivity contribution in [2.75, 3.05) is 31.6 Å². The first-order valence-electron chi connectivity index (χ1n) is 10.6. The Bertz CT molecular complexity index is 1080. The molecule has 0 unspecified atom stereocenters. The summed E-state index contributed by atoms with van der Waals surface area (Å²) in [5, 5.41) is 11.8. The van der Waals surface area contributed by atoms with E-state index in [0.29, 0.717) is 35.5 Å². The number of rotatable bonds is 6. The van der Waals surface area contributed by atoms with Crippen LogP contribution >= 0.6 is 11.6 Å². The van der Waals surface area contributed by atoms with Crippen LogP contribution in [0, 0.1) is 5.41 Å². The quantitative estimate of drug-likeness (QED) is 0.394. The predicted molar refractivity (Wildman–Crippen MR) is 133 cm³/mol. The van der Waals surface area contributed by atoms with E-state index in [2.05, 4.69) is 22.4 Å². The molecule has 1 fully saturated rings. The molecule has 3 aromatic rings. The fraction of sp³-hybridized carbons (Fsp3) is 0.269. The Morgan fingerprint density at radius 3 is 2.45 bits per heavy atom. The van der Waals surface area contributed by atoms with Crippen LogP contribution in [0.25, 0.3) is 0 Å². The summed E-state index contributed by atoms with van der Waals surface area (Å²) in [7, 11) is 0. The summed E-state index contributed by atoms with van der Waals surface area (Å²) in [6.07, 6.45) is 3.04. The molecule has 1 amide bonds. The van der Waals surface area contributed by atoms with E-state index in [9.17, 15) is 4.79 Å². The summed E-state index contributed by atoms with van der Waals surface area (Å²) in [6.45, 7) is 2.85. The lowest BCUT2D eigenvalue weighted by molar-refractivity contribution is 0.0680. The molecule has 0 radical (unpaired) electrons. The summed E-state index contributed by atoms with van der Waals surface area (Å²) in [5.41, 5.74) is 3.68. The van der Waals surface area contributed by atoms with Crippen LogP contribution in [0.5, 0.6) is 0 Å². The first kappa shape index (κ1) is 24.4. The smallest absolute Gasteiger partial charge is 0.257 e. The zero-order valence-corrected chi connectivity index (χ0v) is 18.4. The molecule has 1 aliphatic heterocycles. The highest BCUT2D eigenvalue weighted by Crippen LogP contribution is 2.17. The molecule has 0 atom stereocenters. The Labute approximate surface area is 200 Å². The number of ether oxygens (including phenoxy) is 1. The molecule has 7 heteroatoms. The van der Waals surface area contributed by atoms with E-state index >= 15 is 0 Å². The molecule has 0 saturated carbocycles. The first-order chi connectivity index (χ1) is 15.6. The van der Waals surface area contributed by atoms with Gasteiger partial charge in [-0.05, 0) is 42.2 Å². The number of morpholine rings is 1. The lowest BCUT2D eigenvalue weighted by atomic mass is 9.98. The van der Waals surface area contributed by atoms with Gasteiger partial charge in [-0.15, -0.1) is 0 Å². The Balaban J connectivity index is 0.00000306. The highest BCUT2D eigenvalue weighted by Gasteiger charge is 2.15. The zero-order chi connectivity index (χ0) is 22.3. The maximum atomic E-state index is 12.8. The van der Waals surface area contributed by atoms with Gasteiger partial charge in [-0.3, -0.25) is 10.2 Å². The number of benzene rings is 2. The number of aryl methyl sites for hydroxylation is 2. The second kappa shape index (κ2) is 11.6. The number of carbonyl (C=O) groups is 1. The number of amides is 1. The molecule has 0 aliphatic carbocycles. The number of hydrogen-bond donors (Lipinski definition) is 2. The zero-order valence-electron chi connectivity index (χ0n) is 17.7. The van der Waals surface area contributed by atoms with Crippen molar-refractivity contribution in [3.05, 3.63) is 94.1 Å². The van der Waals surface area contributed by atoms with Crippen LogP contribution in [-0.4, -0.2) is 47.9 Å². The van der Waals surface area contributed by atoms with E-state index in [4.69, 9.17) is 21.7 Å². The molecule has 0 bridgehead atoms. The fourth-order valence-electron chi connectivity index (χ4n) is 3.67. The topological polar surface area (TPSA) is 78.3 Å². The molecule has 2 aromatic carbocycles. The predicted octanol–water partition coefficient (Wildman–Crippen LogP) is 5.07. The lowest BCUT2D eigenvalue weighted by Gasteiger charge is -2.29. The Hall–Kier alpha value is -3.22. The first-order valence-corrected chi connectivity index (χ1v) is 11.0. The van der Waals surface area contributed by atoms with E-state index in [1.807, 2.05) is 41.3 Å². The largest absolute Gasteiger partial charge is 0.378 e. The average molecular weight is 465 g/mol. The van der Waals surface area contributed by atoms with E-state index in [-0.39, 0.29) is 13.3 Å². The van der Waals surface area contributed by atoms with Crippen molar-refractivity contribution >= 4 is 29.2 Å². The van der Waals surface area contributed by atoms with Crippen LogP contribution in [0.2, 0.25) is 5.02 Å². The third-order valence-electron chi connectivity index (χ3n) is 5.47. The second-order valence-corrected chi connectivity index (χ2v) is 8.05. The number of halogens is 1. The molecule has 0 spiro atoms. The molecular formula is C26H29ClN4O2. The molecule has 1 saturated heterocycles. The number of nitrogens with one attached hydrogen (secondary N) is 2. The monoisotopic (exact) mass is 464 g/mol. The third-order valence-corrected chi connectivity index (χ3v) is 5.69. The molecular weight excluding hydrogens is 436 g/mol. The maximum absolute atomic E-state index is 12.8. The van der Waals surface area contributed by atoms with Crippen LogP contribution < -0.4 is 5.32 Å². The van der Waals surface area contributed by atoms with Gasteiger partial charge in [0.25, 0.3) is 5.91 Å². The Morgan fingerprint density at radius 1 is 1.03 bits per heavy atom. The summed E-state index contributed by atoms with van der Waals surface area (Å²) >= 11 is 5.86. The third kappa shape index (κ3) is 6.40. The standard InChI is InChI=1S/C25H25ClN4O2.CH4/c26-21-11-12-23(28-17-21)29-25(31)22-4-2-1-3-19(22)8-5-18-6-9-20(10-7-18)24(27)30-13-15-32-16-14-30;/h1-4,6-7,9-12,17,27H,5,8,13-16H2,(H,28,29,31);1H4. The minimum atomic E-state index is -0.190. The van der Waals surface area contributed by atoms with Gasteiger partial charge in [0.15, 0.2) is 0 Å². The van der Waals surface area contributed by atoms with Gasteiger partial charge in [0.2, 0.25) is 0 Å². The van der Waals surface area contributed by atoms with Crippen LogP contribution in [0.4, 0.5) is 5.82 Å². The summed E-state index contributed by atoms with van der Waals surface area (Å²) in [6, 6.07) is 19.1. The average Bonchev–Trinajstić information content (AvgIpc) is 2.85. The summed E-state index contributed by atoms with van der Waals surface area (Å²) in [5.74, 6) is 0.815. The number of amidine groups is 1. The summed E-state index contributed by atoms with van der Waals surface area (Å²) in [4.78, 5) is 19.0. The van der Waals surface area contributed by atoms with Gasteiger partial charge in [0.05, 0.1) is 18.2 Å². The van der Waals surface area contributed by atoms with Gasteiger partial charge in [-0.25, -0.2) is 4.98 Å². The molecule has 2 heterocycles. The van der Waals surface area contributed by atoms with Crippen LogP contribution in [0.3, 0.4) is 0 Å². The van der Waals surface area contributed by atoms with E-state index in [1.165, 1.54) is 6.20 Å². The molecule has 1 aromatic heterocycles. The number of nitrogens with zero attached hydrogens (tertiary/aromatic N) is 2. The molecule has 4 rings (SSSR count). The van der Waals surface area contributed by atoms with Crippen molar-refractivity contribution in [2.45, 2.75) is 20.3 Å². The fourth-order valence-corrected chi connectivity index (χ4v) is 3.78. The van der Waals surface area contributed by atoms with Crippen molar-refractivity contribution in [1.29, 1.82) is 5.41 Å². The number of anilines is 1. The second-order valence-electron chi connectivity index (χ2n) is 7.62. The normalized spacial score (nSPS) is 13.2. The van der Waals surface area contributed by atoms with E-state index in [0.717, 1.165) is 42.6 Å². The summed E-state index contributed by atoms with van der Waals surface area (Å²) < 4.78 is 5.37. The van der Waals surface area contributed by atoms with E-state index in [1.54, 1.807) is 12.1 Å². The number of pyridine rings is 1. The molecule has 33 heavy (non-hydrogen) atoms. The van der Waals surface area contributed by atoms with Gasteiger partial charge in [-0.1, -0.05) is 61.5 Å². The van der Waals surface area contributed by atoms with Gasteiger partial charge >= 0.3 is 0 Å². The van der Waals surface area contributed by atoms with Gasteiger partial charge in [-0.2, -0.15) is 0 Å². The number of hydrogen-bond acceptors (Lipinski definition) is 4. The van der Waals surface area contributed by atoms with Crippen LogP contribution in [0.1, 0.15) is 34.5 Å². The highest BCUT2D eigenvalue weighted by molar-refractivity contribution is 6.30. The maximum Gasteiger partial charge on any atom is 0.257 e. The highest BCUT2D eigenvalue weighted by atomic mass is 35.5. The van der Waals surface area contributed by atoms with Gasteiger partial charge in [0.1, 0.15) is 11.7 Å². The Morgan fingerprint density at radius 2 is 1.76 bits per heavy atom. The molecule has 1 aliphatic rings. The SMILES string of the molecule is C.N=C(c1ccc(CCc2ccccc2C(=O)Nc2ccc(Cl)cn2)cc1)N1CCOCC1. The minimum Gasteiger partial charge on any atom is -0.378 e. The molecule has 6 nitrogen and oxygen atoms in total. The van der Waals surface area contributed by atoms with Gasteiger partial charge < -0.3 is 15.0 Å². The molecule has 2 N–H and O–H groups in total. The lowest BCUT2D eigenvalue weighted by Crippen LogP contribution is -2.40. The van der Waals surface area contributed by atoms with Crippen molar-refractivity contribution in [1.82, 2.24) is 9.88 Å². The number of aromatic nitrogens is 1. The number of carbonyl (C=O) groups excluding carboxylic acids is 1. The minimum absolute atomic E-state index is 0. The molecule has 172 valence electrons. The van der Waals surface area contributed by atoms with Crippen molar-refractivity contribution in [3.8, 4) is 0 Å². The Kier molecular flexibility index (Phi) is 8.58. The van der Waals surface area contributed by atoms with Crippen LogP contribution in [0.15, 0.2) is 66.9 Å². The van der Waals surface area contributed by atoms with Crippen molar-refractivity contribution < 1.29 is 9.53 Å². The van der Waals surface area contributed by atoms with E-state index < -0.39 is 0 Å². The van der Waals surface area contributed by atoms with Crippen molar-refractivity contribution in [2.24, 2.45) is 0 Å². The van der Waals surface area contributed by atoms with Crippen LogP contribution in [-0.2, 0) is 17.6 Å². The van der Waals surface area contributed by atoms with Gasteiger partial charge in [0, 0.05) is 30.4 Å². The van der Waals surface area contributed by atoms with Crippen molar-refractivity contribution in [3.63, 3.8) is 0 Å².